The summed E-state index contributed by atoms with van der Waals surface area (Å²) in [5, 5.41) is 14.3. The van der Waals surface area contributed by atoms with Crippen LogP contribution in [0.15, 0.2) is 57.6 Å². The predicted octanol–water partition coefficient (Wildman–Crippen LogP) is 5.89. The molecule has 192 valence electrons. The number of benzene rings is 2. The molecule has 2 heterocycles. The predicted molar refractivity (Wildman–Crippen MR) is 153 cm³/mol. The van der Waals surface area contributed by atoms with Crippen molar-refractivity contribution in [3.05, 3.63) is 83.8 Å². The number of phenolic OH excluding ortho intramolecular Hbond substituents is 1. The van der Waals surface area contributed by atoms with E-state index in [0.29, 0.717) is 55.6 Å². The molecular weight excluding hydrogens is 601 g/mol. The lowest BCUT2D eigenvalue weighted by Crippen LogP contribution is -2.37. The number of carbonyl (C=O) groups excluding carboxylic acids is 1. The number of halogens is 1. The van der Waals surface area contributed by atoms with E-state index in [1.165, 1.54) is 24.4 Å². The first kappa shape index (κ1) is 25.8. The van der Waals surface area contributed by atoms with Gasteiger partial charge in [0, 0.05) is 29.4 Å². The summed E-state index contributed by atoms with van der Waals surface area (Å²) in [5.41, 5.74) is 4.31. The lowest BCUT2D eigenvalue weighted by atomic mass is 9.69. The molecule has 0 spiro atoms. The van der Waals surface area contributed by atoms with Crippen molar-refractivity contribution < 1.29 is 14.6 Å². The van der Waals surface area contributed by atoms with Gasteiger partial charge < -0.3 is 20.1 Å². The first-order chi connectivity index (χ1) is 17.6. The van der Waals surface area contributed by atoms with Gasteiger partial charge in [0.2, 0.25) is 0 Å². The van der Waals surface area contributed by atoms with E-state index in [0.717, 1.165) is 11.3 Å². The first-order valence-corrected chi connectivity index (χ1v) is 14.0. The molecule has 2 aromatic carbocycles. The number of phenols is 1. The van der Waals surface area contributed by atoms with Crippen molar-refractivity contribution in [1.29, 1.82) is 0 Å². The minimum Gasteiger partial charge on any atom is -0.504 e. The molecule has 3 aromatic rings. The zero-order valence-electron chi connectivity index (χ0n) is 21.1. The second kappa shape index (κ2) is 9.83. The Kier molecular flexibility index (Phi) is 6.86. The maximum atomic E-state index is 13.6. The molecule has 1 atom stereocenters. The van der Waals surface area contributed by atoms with Crippen LogP contribution in [0.4, 0.5) is 5.82 Å². The second-order valence-corrected chi connectivity index (χ2v) is 12.5. The van der Waals surface area contributed by atoms with Gasteiger partial charge in [-0.25, -0.2) is 4.98 Å². The van der Waals surface area contributed by atoms with Crippen molar-refractivity contribution in [3.8, 4) is 11.5 Å². The van der Waals surface area contributed by atoms with E-state index in [1.807, 2.05) is 29.5 Å². The van der Waals surface area contributed by atoms with E-state index in [9.17, 15) is 14.7 Å². The van der Waals surface area contributed by atoms with Crippen LogP contribution < -0.4 is 15.6 Å². The van der Waals surface area contributed by atoms with Gasteiger partial charge >= 0.3 is 0 Å². The number of fused-ring (bicyclic) bond motifs is 1. The van der Waals surface area contributed by atoms with Crippen LogP contribution in [0.3, 0.4) is 0 Å². The number of aryl methyl sites for hydroxylation is 1. The van der Waals surface area contributed by atoms with E-state index in [2.05, 4.69) is 48.4 Å². The number of rotatable bonds is 5. The van der Waals surface area contributed by atoms with E-state index >= 15 is 0 Å². The summed E-state index contributed by atoms with van der Waals surface area (Å²) < 4.78 is 5.97. The lowest BCUT2D eigenvalue weighted by Gasteiger charge is -2.38. The summed E-state index contributed by atoms with van der Waals surface area (Å²) in [6, 6.07) is 11.8. The zero-order valence-corrected chi connectivity index (χ0v) is 24.0. The molecule has 1 aliphatic carbocycles. The Morgan fingerprint density at radius 3 is 2.62 bits per heavy atom. The Balaban J connectivity index is 1.62. The zero-order chi connectivity index (χ0) is 26.5. The lowest BCUT2D eigenvalue weighted by molar-refractivity contribution is -0.118. The van der Waals surface area contributed by atoms with Crippen LogP contribution in [-0.4, -0.2) is 28.0 Å². The highest BCUT2D eigenvalue weighted by Gasteiger charge is 2.42. The van der Waals surface area contributed by atoms with Crippen LogP contribution in [0, 0.1) is 15.9 Å². The Morgan fingerprint density at radius 2 is 1.92 bits per heavy atom. The summed E-state index contributed by atoms with van der Waals surface area (Å²) in [5.74, 6) is 0.840. The van der Waals surface area contributed by atoms with Crippen LogP contribution in [0.2, 0.25) is 0 Å². The monoisotopic (exact) mass is 629 g/mol. The van der Waals surface area contributed by atoms with Gasteiger partial charge in [0.25, 0.3) is 5.56 Å². The second-order valence-electron chi connectivity index (χ2n) is 10.4. The summed E-state index contributed by atoms with van der Waals surface area (Å²) in [4.78, 5) is 34.8. The van der Waals surface area contributed by atoms with Gasteiger partial charge in [0.05, 0.1) is 16.2 Å². The number of aromatic hydroxyl groups is 1. The molecule has 37 heavy (non-hydrogen) atoms. The highest BCUT2D eigenvalue weighted by Crippen LogP contribution is 2.49. The standard InChI is InChI=1S/C28H28IN3O4S/c1-14-5-7-15(8-6-14)13-37-27-31-25-23(26(35)32-27)21(16-9-17(29)24(34)20(10-16)36-4)22-18(30-25)11-28(2,3)12-19(22)33/h5-10,21,34H,11-13H2,1-4H3,(H2,30,31,32,35). The number of nitrogens with one attached hydrogen (secondary N) is 2. The van der Waals surface area contributed by atoms with Crippen LogP contribution in [0.5, 0.6) is 11.5 Å². The number of hydrogen-bond donors (Lipinski definition) is 3. The largest absolute Gasteiger partial charge is 0.504 e. The van der Waals surface area contributed by atoms with E-state index in [1.54, 1.807) is 12.1 Å². The van der Waals surface area contributed by atoms with Crippen LogP contribution in [0.25, 0.3) is 0 Å². The van der Waals surface area contributed by atoms with Crippen molar-refractivity contribution in [2.24, 2.45) is 5.41 Å². The number of aromatic nitrogens is 2. The minimum absolute atomic E-state index is 0.00803. The molecule has 0 amide bonds. The van der Waals surface area contributed by atoms with Gasteiger partial charge in [0.1, 0.15) is 5.82 Å². The summed E-state index contributed by atoms with van der Waals surface area (Å²) in [7, 11) is 1.48. The third-order valence-electron chi connectivity index (χ3n) is 6.80. The fraction of sp³-hybridized carbons (Fsp3) is 0.321. The van der Waals surface area contributed by atoms with E-state index in [4.69, 9.17) is 9.72 Å². The number of methoxy groups -OCH3 is 1. The molecule has 3 N–H and O–H groups in total. The van der Waals surface area contributed by atoms with E-state index < -0.39 is 5.92 Å². The molecule has 1 aliphatic heterocycles. The van der Waals surface area contributed by atoms with Crippen molar-refractivity contribution in [2.45, 2.75) is 50.4 Å². The summed E-state index contributed by atoms with van der Waals surface area (Å²) in [6.45, 7) is 6.19. The maximum absolute atomic E-state index is 13.6. The first-order valence-electron chi connectivity index (χ1n) is 12.0. The Bertz CT molecular complexity index is 1490. The molecule has 2 aliphatic rings. The third-order valence-corrected chi connectivity index (χ3v) is 8.57. The number of nitrogens with zero attached hydrogens (tertiary/aromatic N) is 1. The van der Waals surface area contributed by atoms with E-state index in [-0.39, 0.29) is 22.5 Å². The minimum atomic E-state index is -0.620. The maximum Gasteiger partial charge on any atom is 0.257 e. The van der Waals surface area contributed by atoms with Crippen LogP contribution in [-0.2, 0) is 10.5 Å². The molecule has 0 fully saturated rings. The Hall–Kier alpha value is -2.79. The summed E-state index contributed by atoms with van der Waals surface area (Å²) in [6.07, 6.45) is 1.05. The number of ketones is 1. The molecule has 0 bridgehead atoms. The van der Waals surface area contributed by atoms with Crippen LogP contribution >= 0.6 is 34.4 Å². The van der Waals surface area contributed by atoms with Crippen LogP contribution in [0.1, 0.15) is 54.9 Å². The van der Waals surface area contributed by atoms with Gasteiger partial charge in [-0.3, -0.25) is 9.59 Å². The fourth-order valence-corrected chi connectivity index (χ4v) is 6.49. The number of anilines is 1. The number of carbonyl (C=O) groups is 1. The number of Topliss-reactive ketones (excluding diaryl/α,β-unsaturated/α-hetero) is 1. The number of allylic oxidation sites excluding steroid dienone is 2. The molecule has 0 saturated carbocycles. The molecule has 7 nitrogen and oxygen atoms in total. The molecular formula is C28H28IN3O4S. The van der Waals surface area contributed by atoms with Crippen molar-refractivity contribution in [3.63, 3.8) is 0 Å². The average molecular weight is 630 g/mol. The van der Waals surface area contributed by atoms with Gasteiger partial charge in [-0.15, -0.1) is 0 Å². The normalized spacial score (nSPS) is 18.2. The fourth-order valence-electron chi connectivity index (χ4n) is 5.05. The number of H-pyrrole nitrogens is 1. The molecule has 0 radical (unpaired) electrons. The number of hydrogen-bond acceptors (Lipinski definition) is 7. The number of thioether (sulfide) groups is 1. The topological polar surface area (TPSA) is 104 Å². The van der Waals surface area contributed by atoms with Gasteiger partial charge in [-0.1, -0.05) is 55.4 Å². The highest BCUT2D eigenvalue weighted by molar-refractivity contribution is 14.1. The Morgan fingerprint density at radius 1 is 1.19 bits per heavy atom. The number of ether oxygens (including phenoxy) is 1. The Labute approximate surface area is 233 Å². The van der Waals surface area contributed by atoms with Gasteiger partial charge in [0.15, 0.2) is 22.4 Å². The van der Waals surface area contributed by atoms with Crippen molar-refractivity contribution in [1.82, 2.24) is 9.97 Å². The quantitative estimate of drug-likeness (QED) is 0.184. The van der Waals surface area contributed by atoms with Crippen molar-refractivity contribution in [2.75, 3.05) is 12.4 Å². The summed E-state index contributed by atoms with van der Waals surface area (Å²) >= 11 is 3.49. The third kappa shape index (κ3) is 5.03. The average Bonchev–Trinajstić information content (AvgIpc) is 2.83. The highest BCUT2D eigenvalue weighted by atomic mass is 127. The molecule has 0 saturated heterocycles. The van der Waals surface area contributed by atoms with Gasteiger partial charge in [-0.2, -0.15) is 0 Å². The molecule has 1 unspecified atom stereocenters. The van der Waals surface area contributed by atoms with Gasteiger partial charge in [-0.05, 0) is 64.6 Å². The van der Waals surface area contributed by atoms with Crippen molar-refractivity contribution >= 4 is 46.0 Å². The molecule has 1 aromatic heterocycles. The number of aromatic amines is 1. The SMILES string of the molecule is COc1cc(C2C3=C(CC(C)(C)CC3=O)Nc3nc(SCc4ccc(C)cc4)[nH]c(=O)c32)cc(I)c1O. The smallest absolute Gasteiger partial charge is 0.257 e. The molecule has 5 rings (SSSR count). The molecule has 9 heteroatoms.